The van der Waals surface area contributed by atoms with Gasteiger partial charge in [0, 0.05) is 34.3 Å². The van der Waals surface area contributed by atoms with Crippen LogP contribution in [0.25, 0.3) is 10.6 Å². The first-order valence-electron chi connectivity index (χ1n) is 7.70. The smallest absolute Gasteiger partial charge is 0.251 e. The molecular weight excluding hydrogens is 365 g/mol. The first kappa shape index (κ1) is 20.9. The first-order valence-corrected chi connectivity index (χ1v) is 8.58. The Hall–Kier alpha value is -1.14. The number of amides is 1. The Morgan fingerprint density at radius 3 is 2.83 bits per heavy atom. The number of carbonyl (C=O) groups is 1. The Morgan fingerprint density at radius 1 is 1.38 bits per heavy atom. The summed E-state index contributed by atoms with van der Waals surface area (Å²) in [6.45, 7) is 5.14. The van der Waals surface area contributed by atoms with E-state index in [4.69, 9.17) is 0 Å². The van der Waals surface area contributed by atoms with Crippen LogP contribution in [0.15, 0.2) is 29.6 Å². The molecule has 2 N–H and O–H groups in total. The highest BCUT2D eigenvalue weighted by molar-refractivity contribution is 7.13. The number of hydrogen-bond donors (Lipinski definition) is 2. The molecule has 132 valence electrons. The molecule has 1 fully saturated rings. The largest absolute Gasteiger partial charge is 0.348 e. The van der Waals surface area contributed by atoms with Crippen molar-refractivity contribution in [1.82, 2.24) is 15.6 Å². The van der Waals surface area contributed by atoms with Crippen LogP contribution in [0.5, 0.6) is 0 Å². The van der Waals surface area contributed by atoms with Gasteiger partial charge >= 0.3 is 0 Å². The standard InChI is InChI=1S/C17H21N3OS.2ClH/c1-11-10-22-17(19-11)14-6-3-5-13(9-14)16(21)20-15-7-4-8-18-12(15)2;;/h3,5-6,9-10,12,15,18H,4,7-8H2,1-2H3,(H,20,21);2*1H. The molecule has 1 aromatic carbocycles. The molecule has 2 aromatic rings. The lowest BCUT2D eigenvalue weighted by atomic mass is 9.99. The van der Waals surface area contributed by atoms with E-state index in [1.807, 2.05) is 36.6 Å². The van der Waals surface area contributed by atoms with E-state index in [1.165, 1.54) is 0 Å². The summed E-state index contributed by atoms with van der Waals surface area (Å²) in [7, 11) is 0. The van der Waals surface area contributed by atoms with Crippen molar-refractivity contribution >= 4 is 42.1 Å². The molecule has 2 atom stereocenters. The lowest BCUT2D eigenvalue weighted by molar-refractivity contribution is 0.0920. The molecule has 1 aliphatic rings. The number of piperidine rings is 1. The average Bonchev–Trinajstić information content (AvgIpc) is 2.96. The first-order chi connectivity index (χ1) is 10.6. The zero-order valence-electron chi connectivity index (χ0n) is 13.7. The van der Waals surface area contributed by atoms with Crippen molar-refractivity contribution in [2.45, 2.75) is 38.8 Å². The van der Waals surface area contributed by atoms with Gasteiger partial charge in [0.2, 0.25) is 0 Å². The maximum atomic E-state index is 12.5. The van der Waals surface area contributed by atoms with Gasteiger partial charge in [0.1, 0.15) is 5.01 Å². The van der Waals surface area contributed by atoms with Gasteiger partial charge in [0.25, 0.3) is 5.91 Å². The van der Waals surface area contributed by atoms with E-state index in [0.717, 1.165) is 35.7 Å². The Balaban J connectivity index is 0.00000144. The van der Waals surface area contributed by atoms with Crippen LogP contribution >= 0.6 is 36.2 Å². The SMILES string of the molecule is Cc1csc(-c2cccc(C(=O)NC3CCCNC3C)c2)n1.Cl.Cl. The summed E-state index contributed by atoms with van der Waals surface area (Å²) < 4.78 is 0. The quantitative estimate of drug-likeness (QED) is 0.840. The third kappa shape index (κ3) is 4.93. The molecule has 1 aromatic heterocycles. The molecule has 0 radical (unpaired) electrons. The minimum Gasteiger partial charge on any atom is -0.348 e. The molecule has 4 nitrogen and oxygen atoms in total. The summed E-state index contributed by atoms with van der Waals surface area (Å²) in [5, 5.41) is 9.54. The number of rotatable bonds is 3. The average molecular weight is 388 g/mol. The molecular formula is C17H23Cl2N3OS. The van der Waals surface area contributed by atoms with Crippen LogP contribution < -0.4 is 10.6 Å². The summed E-state index contributed by atoms with van der Waals surface area (Å²) in [5.74, 6) is -0.00400. The van der Waals surface area contributed by atoms with E-state index in [2.05, 4.69) is 22.5 Å². The predicted octanol–water partition coefficient (Wildman–Crippen LogP) is 3.83. The van der Waals surface area contributed by atoms with Crippen molar-refractivity contribution in [2.24, 2.45) is 0 Å². The van der Waals surface area contributed by atoms with Gasteiger partial charge in [-0.05, 0) is 45.4 Å². The van der Waals surface area contributed by atoms with Gasteiger partial charge in [-0.2, -0.15) is 0 Å². The number of nitrogens with one attached hydrogen (secondary N) is 2. The van der Waals surface area contributed by atoms with Crippen LogP contribution in [0.3, 0.4) is 0 Å². The van der Waals surface area contributed by atoms with Gasteiger partial charge in [0.15, 0.2) is 0 Å². The monoisotopic (exact) mass is 387 g/mol. The Labute approximate surface area is 159 Å². The van der Waals surface area contributed by atoms with Crippen LogP contribution in [-0.4, -0.2) is 29.5 Å². The molecule has 7 heteroatoms. The minimum absolute atomic E-state index is 0. The summed E-state index contributed by atoms with van der Waals surface area (Å²) in [5.41, 5.74) is 2.71. The topological polar surface area (TPSA) is 54.0 Å². The third-order valence-electron chi connectivity index (χ3n) is 4.07. The maximum absolute atomic E-state index is 12.5. The van der Waals surface area contributed by atoms with Crippen LogP contribution in [-0.2, 0) is 0 Å². The molecule has 0 saturated carbocycles. The molecule has 0 bridgehead atoms. The van der Waals surface area contributed by atoms with Crippen LogP contribution in [0.1, 0.15) is 35.8 Å². The molecule has 1 aliphatic heterocycles. The molecule has 3 rings (SSSR count). The highest BCUT2D eigenvalue weighted by Gasteiger charge is 2.22. The highest BCUT2D eigenvalue weighted by Crippen LogP contribution is 2.24. The second-order valence-electron chi connectivity index (χ2n) is 5.84. The van der Waals surface area contributed by atoms with E-state index in [-0.39, 0.29) is 36.8 Å². The van der Waals surface area contributed by atoms with Gasteiger partial charge in [-0.25, -0.2) is 4.98 Å². The summed E-state index contributed by atoms with van der Waals surface area (Å²) in [4.78, 5) is 17.0. The van der Waals surface area contributed by atoms with Crippen LogP contribution in [0, 0.1) is 6.92 Å². The number of halogens is 2. The summed E-state index contributed by atoms with van der Waals surface area (Å²) in [6, 6.07) is 8.23. The number of benzene rings is 1. The number of carbonyl (C=O) groups excluding carboxylic acids is 1. The molecule has 1 amide bonds. The molecule has 1 saturated heterocycles. The lowest BCUT2D eigenvalue weighted by Gasteiger charge is -2.30. The van der Waals surface area contributed by atoms with Crippen molar-refractivity contribution in [2.75, 3.05) is 6.54 Å². The Kier molecular flexibility index (Phi) is 8.16. The van der Waals surface area contributed by atoms with Gasteiger partial charge < -0.3 is 10.6 Å². The fourth-order valence-corrected chi connectivity index (χ4v) is 3.57. The van der Waals surface area contributed by atoms with Crippen LogP contribution in [0.4, 0.5) is 0 Å². The van der Waals surface area contributed by atoms with Crippen molar-refractivity contribution in [1.29, 1.82) is 0 Å². The van der Waals surface area contributed by atoms with Gasteiger partial charge in [-0.1, -0.05) is 12.1 Å². The number of nitrogens with zero attached hydrogens (tertiary/aromatic N) is 1. The third-order valence-corrected chi connectivity index (χ3v) is 5.08. The molecule has 24 heavy (non-hydrogen) atoms. The number of hydrogen-bond acceptors (Lipinski definition) is 4. The van der Waals surface area contributed by atoms with Crippen molar-refractivity contribution in [3.63, 3.8) is 0 Å². The molecule has 2 unspecified atom stereocenters. The second-order valence-corrected chi connectivity index (χ2v) is 6.70. The zero-order chi connectivity index (χ0) is 15.5. The zero-order valence-corrected chi connectivity index (χ0v) is 16.2. The van der Waals surface area contributed by atoms with Crippen LogP contribution in [0.2, 0.25) is 0 Å². The molecule has 0 spiro atoms. The fraction of sp³-hybridized carbons (Fsp3) is 0.412. The van der Waals surface area contributed by atoms with Gasteiger partial charge in [0.05, 0.1) is 0 Å². The van der Waals surface area contributed by atoms with Gasteiger partial charge in [-0.15, -0.1) is 36.2 Å². The molecule has 2 heterocycles. The molecule has 0 aliphatic carbocycles. The van der Waals surface area contributed by atoms with E-state index >= 15 is 0 Å². The van der Waals surface area contributed by atoms with Crippen molar-refractivity contribution in [3.05, 3.63) is 40.9 Å². The number of thiazole rings is 1. The lowest BCUT2D eigenvalue weighted by Crippen LogP contribution is -2.51. The Bertz CT molecular complexity index is 677. The fourth-order valence-electron chi connectivity index (χ4n) is 2.77. The van der Waals surface area contributed by atoms with Gasteiger partial charge in [-0.3, -0.25) is 4.79 Å². The highest BCUT2D eigenvalue weighted by atomic mass is 35.5. The van der Waals surface area contributed by atoms with E-state index in [0.29, 0.717) is 11.6 Å². The minimum atomic E-state index is -0.00400. The number of aryl methyl sites for hydroxylation is 1. The predicted molar refractivity (Wildman–Crippen MR) is 105 cm³/mol. The normalized spacial score (nSPS) is 19.8. The Morgan fingerprint density at radius 2 is 2.17 bits per heavy atom. The van der Waals surface area contributed by atoms with E-state index in [9.17, 15) is 4.79 Å². The van der Waals surface area contributed by atoms with Crippen molar-refractivity contribution < 1.29 is 4.79 Å². The van der Waals surface area contributed by atoms with E-state index < -0.39 is 0 Å². The second kappa shape index (κ2) is 9.37. The number of aromatic nitrogens is 1. The van der Waals surface area contributed by atoms with Crippen molar-refractivity contribution in [3.8, 4) is 10.6 Å². The summed E-state index contributed by atoms with van der Waals surface area (Å²) in [6.07, 6.45) is 2.14. The summed E-state index contributed by atoms with van der Waals surface area (Å²) >= 11 is 1.61. The maximum Gasteiger partial charge on any atom is 0.251 e. The van der Waals surface area contributed by atoms with E-state index in [1.54, 1.807) is 11.3 Å².